The minimum absolute atomic E-state index is 0. The second kappa shape index (κ2) is 5.51. The van der Waals surface area contributed by atoms with Crippen molar-refractivity contribution in [1.29, 1.82) is 0 Å². The number of hydrogen-bond acceptors (Lipinski definition) is 0. The Morgan fingerprint density at radius 1 is 0.750 bits per heavy atom. The zero-order valence-electron chi connectivity index (χ0n) is 10.0. The molecule has 0 aromatic carbocycles. The smallest absolute Gasteiger partial charge is 0 e. The van der Waals surface area contributed by atoms with Gasteiger partial charge in [0.05, 0.1) is 0 Å². The maximum absolute atomic E-state index is 9.78. The SMILES string of the molecule is CC1=C2CCCCCC2=C(C)C(=[N-])C1=[N-].[Y]. The van der Waals surface area contributed by atoms with E-state index in [1.54, 1.807) is 0 Å². The van der Waals surface area contributed by atoms with E-state index in [0.29, 0.717) is 0 Å². The fourth-order valence-corrected chi connectivity index (χ4v) is 2.55. The summed E-state index contributed by atoms with van der Waals surface area (Å²) >= 11 is 0. The Morgan fingerprint density at radius 3 is 1.50 bits per heavy atom. The summed E-state index contributed by atoms with van der Waals surface area (Å²) in [4.78, 5) is 0. The minimum atomic E-state index is 0. The van der Waals surface area contributed by atoms with Crippen LogP contribution in [0.25, 0.3) is 10.8 Å². The third-order valence-electron chi connectivity index (χ3n) is 3.56. The quantitative estimate of drug-likeness (QED) is 0.611. The van der Waals surface area contributed by atoms with Crippen LogP contribution in [0.5, 0.6) is 0 Å². The van der Waals surface area contributed by atoms with Crippen LogP contribution in [0.15, 0.2) is 22.3 Å². The Bertz CT molecular complexity index is 364. The maximum Gasteiger partial charge on any atom is 0 e. The standard InChI is InChI=1S/C13H16N2.Y/c1-8-10-6-4-3-5-7-11(10)9(2)13(15)12(8)14;/h3-7H2,1-2H3;/q-2;. The van der Waals surface area contributed by atoms with Crippen LogP contribution in [0.2, 0.25) is 0 Å². The second-order valence-corrected chi connectivity index (χ2v) is 4.46. The van der Waals surface area contributed by atoms with Gasteiger partial charge in [-0.3, -0.25) is 0 Å². The van der Waals surface area contributed by atoms with E-state index in [2.05, 4.69) is 0 Å². The van der Waals surface area contributed by atoms with Crippen molar-refractivity contribution in [1.82, 2.24) is 0 Å². The third kappa shape index (κ3) is 2.28. The summed E-state index contributed by atoms with van der Waals surface area (Å²) in [7, 11) is 0. The van der Waals surface area contributed by atoms with Crippen molar-refractivity contribution >= 4 is 11.4 Å². The number of allylic oxidation sites excluding steroid dienone is 4. The van der Waals surface area contributed by atoms with E-state index >= 15 is 0 Å². The van der Waals surface area contributed by atoms with Gasteiger partial charge in [0.2, 0.25) is 0 Å². The predicted octanol–water partition coefficient (Wildman–Crippen LogP) is 3.62. The van der Waals surface area contributed by atoms with Crippen LogP contribution in [0, 0.1) is 0 Å². The van der Waals surface area contributed by atoms with Crippen molar-refractivity contribution < 1.29 is 32.7 Å². The Morgan fingerprint density at radius 2 is 1.12 bits per heavy atom. The zero-order chi connectivity index (χ0) is 11.0. The molecule has 0 amide bonds. The summed E-state index contributed by atoms with van der Waals surface area (Å²) in [5, 5.41) is 19.6. The van der Waals surface area contributed by atoms with Gasteiger partial charge in [0.25, 0.3) is 0 Å². The van der Waals surface area contributed by atoms with Gasteiger partial charge in [0, 0.05) is 32.7 Å². The van der Waals surface area contributed by atoms with Crippen LogP contribution in [-0.4, -0.2) is 11.4 Å². The summed E-state index contributed by atoms with van der Waals surface area (Å²) in [6, 6.07) is 0. The first kappa shape index (κ1) is 14.0. The van der Waals surface area contributed by atoms with Gasteiger partial charge in [-0.25, -0.2) is 0 Å². The summed E-state index contributed by atoms with van der Waals surface area (Å²) in [6.07, 6.45) is 5.70. The summed E-state index contributed by atoms with van der Waals surface area (Å²) in [5.41, 5.74) is 4.42. The topological polar surface area (TPSA) is 44.6 Å². The van der Waals surface area contributed by atoms with Crippen LogP contribution in [0.3, 0.4) is 0 Å². The van der Waals surface area contributed by atoms with Gasteiger partial charge < -0.3 is 10.8 Å². The molecule has 1 saturated carbocycles. The molecule has 83 valence electrons. The van der Waals surface area contributed by atoms with Crippen LogP contribution >= 0.6 is 0 Å². The van der Waals surface area contributed by atoms with Gasteiger partial charge in [-0.1, -0.05) is 17.6 Å². The molecule has 0 saturated heterocycles. The molecule has 0 spiro atoms. The molecule has 1 fully saturated rings. The molecule has 0 heterocycles. The average Bonchev–Trinajstić information content (AvgIpc) is 2.48. The molecule has 0 N–H and O–H groups in total. The summed E-state index contributed by atoms with van der Waals surface area (Å²) in [5.74, 6) is 0. The van der Waals surface area contributed by atoms with Crippen molar-refractivity contribution in [3.8, 4) is 0 Å². The van der Waals surface area contributed by atoms with Gasteiger partial charge in [-0.15, -0.1) is 0 Å². The Hall–Kier alpha value is -0.0761. The molecule has 1 radical (unpaired) electrons. The van der Waals surface area contributed by atoms with E-state index in [0.717, 1.165) is 24.0 Å². The Labute approximate surface area is 122 Å². The first-order valence-corrected chi connectivity index (χ1v) is 5.65. The molecule has 0 aromatic rings. The van der Waals surface area contributed by atoms with E-state index in [4.69, 9.17) is 0 Å². The molecule has 2 aliphatic carbocycles. The Balaban J connectivity index is 0.00000128. The molecule has 2 aliphatic rings. The number of rotatable bonds is 0. The Kier molecular flexibility index (Phi) is 4.81. The summed E-state index contributed by atoms with van der Waals surface area (Å²) in [6.45, 7) is 3.80. The second-order valence-electron chi connectivity index (χ2n) is 4.46. The van der Waals surface area contributed by atoms with Crippen LogP contribution in [-0.2, 0) is 32.7 Å². The predicted molar refractivity (Wildman–Crippen MR) is 65.2 cm³/mol. The fraction of sp³-hybridized carbons (Fsp3) is 0.538. The zero-order valence-corrected chi connectivity index (χ0v) is 12.8. The third-order valence-corrected chi connectivity index (χ3v) is 3.56. The van der Waals surface area contributed by atoms with Crippen molar-refractivity contribution in [3.05, 3.63) is 33.1 Å². The molecule has 2 nitrogen and oxygen atoms in total. The molecular weight excluding hydrogens is 273 g/mol. The van der Waals surface area contributed by atoms with Crippen molar-refractivity contribution in [2.45, 2.75) is 46.0 Å². The number of nitrogens with zero attached hydrogens (tertiary/aromatic N) is 2. The minimum Gasteiger partial charge on any atom is -0.805 e. The van der Waals surface area contributed by atoms with E-state index in [1.165, 1.54) is 30.4 Å². The number of fused-ring (bicyclic) bond motifs is 1. The van der Waals surface area contributed by atoms with Crippen molar-refractivity contribution in [2.24, 2.45) is 0 Å². The molecular formula is C13H16N2Y-2. The monoisotopic (exact) mass is 289 g/mol. The molecule has 2 rings (SSSR count). The van der Waals surface area contributed by atoms with Gasteiger partial charge in [0.15, 0.2) is 0 Å². The van der Waals surface area contributed by atoms with Crippen LogP contribution in [0.1, 0.15) is 46.0 Å². The normalized spacial score (nSPS) is 21.6. The van der Waals surface area contributed by atoms with Gasteiger partial charge in [-0.05, 0) is 50.7 Å². The van der Waals surface area contributed by atoms with Gasteiger partial charge in [0.1, 0.15) is 0 Å². The molecule has 0 aliphatic heterocycles. The maximum atomic E-state index is 9.78. The van der Waals surface area contributed by atoms with Crippen LogP contribution in [0.4, 0.5) is 0 Å². The van der Waals surface area contributed by atoms with Gasteiger partial charge >= 0.3 is 0 Å². The van der Waals surface area contributed by atoms with Crippen LogP contribution < -0.4 is 0 Å². The molecule has 0 aromatic heterocycles. The molecule has 16 heavy (non-hydrogen) atoms. The largest absolute Gasteiger partial charge is 0.805 e. The average molecular weight is 289 g/mol. The van der Waals surface area contributed by atoms with E-state index in [-0.39, 0.29) is 44.1 Å². The molecule has 3 heteroatoms. The fourth-order valence-electron chi connectivity index (χ4n) is 2.55. The number of hydrogen-bond donors (Lipinski definition) is 0. The summed E-state index contributed by atoms with van der Waals surface area (Å²) < 4.78 is 0. The van der Waals surface area contributed by atoms with Crippen molar-refractivity contribution in [2.75, 3.05) is 0 Å². The van der Waals surface area contributed by atoms with E-state index < -0.39 is 0 Å². The van der Waals surface area contributed by atoms with E-state index in [9.17, 15) is 10.8 Å². The van der Waals surface area contributed by atoms with Crippen molar-refractivity contribution in [3.63, 3.8) is 0 Å². The molecule has 0 unspecified atom stereocenters. The van der Waals surface area contributed by atoms with E-state index in [1.807, 2.05) is 13.8 Å². The first-order valence-electron chi connectivity index (χ1n) is 5.65. The molecule has 0 bridgehead atoms. The molecule has 0 atom stereocenters. The van der Waals surface area contributed by atoms with Gasteiger partial charge in [-0.2, -0.15) is 11.4 Å². The first-order chi connectivity index (χ1) is 7.13.